The lowest BCUT2D eigenvalue weighted by Crippen LogP contribution is -2.26. The zero-order chi connectivity index (χ0) is 27.1. The van der Waals surface area contributed by atoms with E-state index in [0.29, 0.717) is 38.2 Å². The molecule has 0 spiro atoms. The van der Waals surface area contributed by atoms with Crippen molar-refractivity contribution in [2.45, 2.75) is 11.3 Å². The maximum Gasteiger partial charge on any atom is 0.307 e. The lowest BCUT2D eigenvalue weighted by atomic mass is 10.2. The van der Waals surface area contributed by atoms with Gasteiger partial charge in [-0.25, -0.2) is 14.2 Å². The average Bonchev–Trinajstić information content (AvgIpc) is 2.94. The number of ether oxygens (including phenoxy) is 2. The molecular weight excluding hydrogens is 530 g/mol. The fourth-order valence-corrected chi connectivity index (χ4v) is 4.43. The summed E-state index contributed by atoms with van der Waals surface area (Å²) < 4.78 is 26.0. The quantitative estimate of drug-likeness (QED) is 0.245. The Hall–Kier alpha value is -4.22. The van der Waals surface area contributed by atoms with Crippen LogP contribution in [0.4, 0.5) is 17.3 Å². The topological polar surface area (TPSA) is 132 Å². The average molecular weight is 554 g/mol. The smallest absolute Gasteiger partial charge is 0.307 e. The van der Waals surface area contributed by atoms with Crippen molar-refractivity contribution in [3.63, 3.8) is 0 Å². The van der Waals surface area contributed by atoms with Crippen LogP contribution in [-0.4, -0.2) is 46.8 Å². The van der Waals surface area contributed by atoms with Gasteiger partial charge in [0.05, 0.1) is 47.3 Å². The molecule has 1 atom stereocenters. The van der Waals surface area contributed by atoms with Gasteiger partial charge in [0.25, 0.3) is 5.91 Å². The van der Waals surface area contributed by atoms with Crippen molar-refractivity contribution in [2.24, 2.45) is 0 Å². The lowest BCUT2D eigenvalue weighted by molar-refractivity contribution is -0.140. The summed E-state index contributed by atoms with van der Waals surface area (Å²) in [6, 6.07) is 18.7. The Morgan fingerprint density at radius 1 is 0.947 bits per heavy atom. The number of halogens is 1. The van der Waals surface area contributed by atoms with Gasteiger partial charge in [-0.2, -0.15) is 0 Å². The van der Waals surface area contributed by atoms with Crippen LogP contribution in [0, 0.1) is 0 Å². The highest BCUT2D eigenvalue weighted by Gasteiger charge is 2.16. The molecule has 38 heavy (non-hydrogen) atoms. The van der Waals surface area contributed by atoms with Crippen molar-refractivity contribution < 1.29 is 23.3 Å². The van der Waals surface area contributed by atoms with Crippen LogP contribution in [0.25, 0.3) is 11.0 Å². The number of anilines is 3. The number of carbonyl (C=O) groups is 2. The van der Waals surface area contributed by atoms with Gasteiger partial charge in [0.2, 0.25) is 0 Å². The Kier molecular flexibility index (Phi) is 8.72. The highest BCUT2D eigenvalue weighted by Crippen LogP contribution is 2.32. The first-order valence-electron chi connectivity index (χ1n) is 11.4. The summed E-state index contributed by atoms with van der Waals surface area (Å²) >= 11 is 6.37. The number of methoxy groups -OCH3 is 2. The normalized spacial score (nSPS) is 11.4. The Bertz CT molecular complexity index is 1520. The minimum absolute atomic E-state index is 0.0448. The van der Waals surface area contributed by atoms with Gasteiger partial charge in [0.1, 0.15) is 5.75 Å². The zero-order valence-corrected chi connectivity index (χ0v) is 22.1. The number of nitrogens with zero attached hydrogens (tertiary/aromatic N) is 2. The molecule has 3 aromatic carbocycles. The predicted molar refractivity (Wildman–Crippen MR) is 146 cm³/mol. The number of nitrogens with one attached hydrogen (secondary N) is 3. The van der Waals surface area contributed by atoms with E-state index < -0.39 is 22.9 Å². The molecule has 1 amide bonds. The molecule has 1 heterocycles. The van der Waals surface area contributed by atoms with Crippen LogP contribution >= 0.6 is 11.6 Å². The highest BCUT2D eigenvalue weighted by molar-refractivity contribution is 7.86. The van der Waals surface area contributed by atoms with Crippen LogP contribution in [0.2, 0.25) is 5.02 Å². The van der Waals surface area contributed by atoms with Crippen molar-refractivity contribution in [3.8, 4) is 5.75 Å². The molecule has 196 valence electrons. The van der Waals surface area contributed by atoms with Crippen LogP contribution < -0.4 is 20.1 Å². The lowest BCUT2D eigenvalue weighted by Gasteiger charge is -2.15. The molecule has 0 bridgehead atoms. The second-order valence-corrected chi connectivity index (χ2v) is 9.48. The van der Waals surface area contributed by atoms with Gasteiger partial charge < -0.3 is 20.1 Å². The second-order valence-electron chi connectivity index (χ2n) is 7.86. The minimum Gasteiger partial charge on any atom is -0.497 e. The van der Waals surface area contributed by atoms with E-state index in [-0.39, 0.29) is 24.3 Å². The third-order valence-corrected chi connectivity index (χ3v) is 6.73. The van der Waals surface area contributed by atoms with Crippen molar-refractivity contribution in [1.29, 1.82) is 0 Å². The van der Waals surface area contributed by atoms with Gasteiger partial charge in [-0.3, -0.25) is 14.3 Å². The van der Waals surface area contributed by atoms with Crippen molar-refractivity contribution in [1.82, 2.24) is 15.3 Å². The highest BCUT2D eigenvalue weighted by atomic mass is 35.5. The summed E-state index contributed by atoms with van der Waals surface area (Å²) in [6.45, 7) is 0.117. The summed E-state index contributed by atoms with van der Waals surface area (Å²) in [5.41, 5.74) is 2.02. The third-order valence-electron chi connectivity index (χ3n) is 5.34. The Morgan fingerprint density at radius 2 is 1.68 bits per heavy atom. The molecule has 0 fully saturated rings. The molecule has 10 nitrogen and oxygen atoms in total. The molecule has 0 aliphatic rings. The number of para-hydroxylation sites is 2. The minimum atomic E-state index is -1.80. The molecular formula is C26H24ClN5O5S. The van der Waals surface area contributed by atoms with Gasteiger partial charge in [0.15, 0.2) is 22.6 Å². The van der Waals surface area contributed by atoms with E-state index in [1.54, 1.807) is 49.6 Å². The van der Waals surface area contributed by atoms with Gasteiger partial charge in [0, 0.05) is 18.2 Å². The van der Waals surface area contributed by atoms with Gasteiger partial charge in [-0.15, -0.1) is 0 Å². The molecule has 0 radical (unpaired) electrons. The molecule has 0 saturated carbocycles. The molecule has 0 saturated heterocycles. The molecule has 4 rings (SSSR count). The molecule has 12 heteroatoms. The van der Waals surface area contributed by atoms with Crippen molar-refractivity contribution >= 4 is 62.8 Å². The maximum atomic E-state index is 13.3. The van der Waals surface area contributed by atoms with Gasteiger partial charge >= 0.3 is 5.97 Å². The van der Waals surface area contributed by atoms with E-state index in [9.17, 15) is 13.8 Å². The second kappa shape index (κ2) is 12.3. The standard InChI is InChI=1S/C26H24ClN5O5S/c1-36-17-10-11-19(27)22(15-17)31-24-25(30-21-9-4-3-8-20(21)29-24)32-38(35)18-7-5-6-16(14-18)26(34)28-13-12-23(33)37-2/h3-11,14-15H,12-13H2,1-2H3,(H,28,34)(H,29,31)(H,30,32). The molecule has 3 N–H and O–H groups in total. The number of aromatic nitrogens is 2. The number of hydrogen-bond acceptors (Lipinski definition) is 8. The number of fused-ring (bicyclic) bond motifs is 1. The fourth-order valence-electron chi connectivity index (χ4n) is 3.39. The van der Waals surface area contributed by atoms with Crippen LogP contribution in [0.15, 0.2) is 71.6 Å². The summed E-state index contributed by atoms with van der Waals surface area (Å²) in [6.07, 6.45) is 0.0448. The Balaban J connectivity index is 1.59. The first-order valence-corrected chi connectivity index (χ1v) is 12.9. The first kappa shape index (κ1) is 26.8. The number of hydrogen-bond donors (Lipinski definition) is 3. The van der Waals surface area contributed by atoms with Crippen LogP contribution in [0.3, 0.4) is 0 Å². The predicted octanol–water partition coefficient (Wildman–Crippen LogP) is 4.46. The summed E-state index contributed by atoms with van der Waals surface area (Å²) in [5, 5.41) is 6.21. The van der Waals surface area contributed by atoms with Crippen LogP contribution in [0.1, 0.15) is 16.8 Å². The monoisotopic (exact) mass is 553 g/mol. The molecule has 1 aromatic heterocycles. The largest absolute Gasteiger partial charge is 0.497 e. The molecule has 0 aliphatic heterocycles. The van der Waals surface area contributed by atoms with E-state index in [4.69, 9.17) is 16.3 Å². The molecule has 1 unspecified atom stereocenters. The van der Waals surface area contributed by atoms with Crippen molar-refractivity contribution in [2.75, 3.05) is 30.8 Å². The van der Waals surface area contributed by atoms with E-state index in [2.05, 4.69) is 30.1 Å². The molecule has 0 aliphatic carbocycles. The van der Waals surface area contributed by atoms with Crippen LogP contribution in [0.5, 0.6) is 5.75 Å². The first-order chi connectivity index (χ1) is 18.4. The van der Waals surface area contributed by atoms with Gasteiger partial charge in [-0.1, -0.05) is 29.8 Å². The number of esters is 1. The number of amides is 1. The van der Waals surface area contributed by atoms with E-state index in [1.165, 1.54) is 13.2 Å². The summed E-state index contributed by atoms with van der Waals surface area (Å²) in [5.74, 6) is 0.261. The van der Waals surface area contributed by atoms with E-state index in [0.717, 1.165) is 0 Å². The Labute approximate surface area is 226 Å². The fraction of sp³-hybridized carbons (Fsp3) is 0.154. The number of benzene rings is 3. The van der Waals surface area contributed by atoms with Crippen molar-refractivity contribution in [3.05, 3.63) is 77.3 Å². The third kappa shape index (κ3) is 6.55. The molecule has 4 aromatic rings. The van der Waals surface area contributed by atoms with Crippen LogP contribution in [-0.2, 0) is 20.5 Å². The summed E-state index contributed by atoms with van der Waals surface area (Å²) in [4.78, 5) is 33.4. The number of carbonyl (C=O) groups excluding carboxylic acids is 2. The zero-order valence-electron chi connectivity index (χ0n) is 20.5. The SMILES string of the molecule is COC(=O)CCNC(=O)c1cccc(S(=O)Nc2nc3ccccc3nc2Nc2cc(OC)ccc2Cl)c1. The van der Waals surface area contributed by atoms with E-state index >= 15 is 0 Å². The maximum absolute atomic E-state index is 13.3. The summed E-state index contributed by atoms with van der Waals surface area (Å²) in [7, 11) is 1.03. The van der Waals surface area contributed by atoms with Gasteiger partial charge in [-0.05, 0) is 42.5 Å². The number of rotatable bonds is 10. The Morgan fingerprint density at radius 3 is 2.39 bits per heavy atom. The van der Waals surface area contributed by atoms with E-state index in [1.807, 2.05) is 18.2 Å².